The molecule has 1 aromatic heterocycles. The molecule has 11 rings (SSSR count). The van der Waals surface area contributed by atoms with Crippen LogP contribution in [0.3, 0.4) is 0 Å². The van der Waals surface area contributed by atoms with Crippen molar-refractivity contribution in [3.05, 3.63) is 237 Å². The van der Waals surface area contributed by atoms with Crippen molar-refractivity contribution < 1.29 is 0 Å². The Balaban J connectivity index is 0.932. The molecular weight excluding hydrogens is 743 g/mol. The fourth-order valence-electron chi connectivity index (χ4n) is 8.54. The smallest absolute Gasteiger partial charge is 0.0468 e. The van der Waals surface area contributed by atoms with E-state index in [2.05, 4.69) is 241 Å². The minimum absolute atomic E-state index is 1.11. The second kappa shape index (κ2) is 15.3. The van der Waals surface area contributed by atoms with E-state index in [1.165, 1.54) is 86.6 Å². The Labute approximate surface area is 354 Å². The Hall–Kier alpha value is -7.52. The van der Waals surface area contributed by atoms with Crippen molar-refractivity contribution >= 4 is 59.3 Å². The van der Waals surface area contributed by atoms with Gasteiger partial charge in [0.2, 0.25) is 0 Å². The van der Waals surface area contributed by atoms with E-state index in [9.17, 15) is 0 Å². The third kappa shape index (κ3) is 6.83. The minimum atomic E-state index is 1.11. The lowest BCUT2D eigenvalue weighted by atomic mass is 9.96. The van der Waals surface area contributed by atoms with Crippen LogP contribution in [0.1, 0.15) is 0 Å². The lowest BCUT2D eigenvalue weighted by Gasteiger charge is -2.26. The standard InChI is InChI=1S/C58H39NS/c1-2-11-40(12-3-1)46-15-8-17-48(35-46)50-19-10-20-53(38-50)59(54-33-34-58-56(39-54)55-21-6-7-22-57(55)60-58)52-31-29-43(30-32-52)42-23-25-44(26-24-42)47-16-9-18-49(36-47)51-28-27-41-13-4-5-14-45(41)37-51/h1-39H. The molecule has 60 heavy (non-hydrogen) atoms. The molecule has 0 saturated carbocycles. The molecule has 1 heterocycles. The number of thiophene rings is 1. The fourth-order valence-corrected chi connectivity index (χ4v) is 9.63. The van der Waals surface area contributed by atoms with E-state index in [1.807, 2.05) is 11.3 Å². The van der Waals surface area contributed by atoms with Crippen molar-refractivity contribution in [2.24, 2.45) is 0 Å². The lowest BCUT2D eigenvalue weighted by Crippen LogP contribution is -2.10. The molecule has 0 amide bonds. The number of anilines is 3. The molecule has 0 atom stereocenters. The van der Waals surface area contributed by atoms with Crippen LogP contribution in [0.25, 0.3) is 86.6 Å². The summed E-state index contributed by atoms with van der Waals surface area (Å²) in [5.41, 5.74) is 15.4. The van der Waals surface area contributed by atoms with Gasteiger partial charge in [-0.2, -0.15) is 0 Å². The Morgan fingerprint density at radius 1 is 0.233 bits per heavy atom. The molecule has 10 aromatic carbocycles. The van der Waals surface area contributed by atoms with E-state index in [-0.39, 0.29) is 0 Å². The molecule has 11 aromatic rings. The minimum Gasteiger partial charge on any atom is -0.310 e. The molecule has 0 saturated heterocycles. The highest BCUT2D eigenvalue weighted by Crippen LogP contribution is 2.42. The van der Waals surface area contributed by atoms with Crippen LogP contribution in [0.2, 0.25) is 0 Å². The molecule has 0 fully saturated rings. The van der Waals surface area contributed by atoms with Crippen LogP contribution >= 0.6 is 11.3 Å². The molecule has 0 N–H and O–H groups in total. The quantitative estimate of drug-likeness (QED) is 0.148. The lowest BCUT2D eigenvalue weighted by molar-refractivity contribution is 1.29. The summed E-state index contributed by atoms with van der Waals surface area (Å²) in [6.07, 6.45) is 0. The number of nitrogens with zero attached hydrogens (tertiary/aromatic N) is 1. The zero-order valence-corrected chi connectivity index (χ0v) is 33.7. The summed E-state index contributed by atoms with van der Waals surface area (Å²) in [5.74, 6) is 0. The molecule has 0 aliphatic rings. The van der Waals surface area contributed by atoms with Gasteiger partial charge in [0.05, 0.1) is 0 Å². The molecule has 0 aliphatic carbocycles. The van der Waals surface area contributed by atoms with Gasteiger partial charge in [-0.15, -0.1) is 11.3 Å². The summed E-state index contributed by atoms with van der Waals surface area (Å²) < 4.78 is 2.61. The van der Waals surface area contributed by atoms with Crippen molar-refractivity contribution in [2.45, 2.75) is 0 Å². The number of benzene rings is 10. The molecule has 0 unspecified atom stereocenters. The summed E-state index contributed by atoms with van der Waals surface area (Å²) in [5, 5.41) is 5.10. The summed E-state index contributed by atoms with van der Waals surface area (Å²) in [6, 6.07) is 86.2. The number of fused-ring (bicyclic) bond motifs is 4. The van der Waals surface area contributed by atoms with Crippen molar-refractivity contribution in [3.63, 3.8) is 0 Å². The zero-order chi connectivity index (χ0) is 39.8. The van der Waals surface area contributed by atoms with Crippen LogP contribution in [0.5, 0.6) is 0 Å². The largest absolute Gasteiger partial charge is 0.310 e. The van der Waals surface area contributed by atoms with Crippen LogP contribution in [-0.2, 0) is 0 Å². The third-order valence-electron chi connectivity index (χ3n) is 11.6. The van der Waals surface area contributed by atoms with E-state index in [0.29, 0.717) is 0 Å². The van der Waals surface area contributed by atoms with Gasteiger partial charge in [0.25, 0.3) is 0 Å². The first-order valence-electron chi connectivity index (χ1n) is 20.5. The Morgan fingerprint density at radius 3 is 1.40 bits per heavy atom. The predicted molar refractivity (Wildman–Crippen MR) is 259 cm³/mol. The topological polar surface area (TPSA) is 3.24 Å². The second-order valence-electron chi connectivity index (χ2n) is 15.4. The summed E-state index contributed by atoms with van der Waals surface area (Å²) >= 11 is 1.85. The van der Waals surface area contributed by atoms with E-state index in [4.69, 9.17) is 0 Å². The van der Waals surface area contributed by atoms with Crippen LogP contribution < -0.4 is 4.90 Å². The van der Waals surface area contributed by atoms with Gasteiger partial charge >= 0.3 is 0 Å². The maximum atomic E-state index is 2.39. The Kier molecular flexibility index (Phi) is 9.11. The van der Waals surface area contributed by atoms with Gasteiger partial charge in [-0.25, -0.2) is 0 Å². The van der Waals surface area contributed by atoms with Gasteiger partial charge in [0.1, 0.15) is 0 Å². The first-order valence-corrected chi connectivity index (χ1v) is 21.3. The van der Waals surface area contributed by atoms with Crippen molar-refractivity contribution in [1.29, 1.82) is 0 Å². The molecule has 0 bridgehead atoms. The molecule has 282 valence electrons. The monoisotopic (exact) mass is 781 g/mol. The highest BCUT2D eigenvalue weighted by Gasteiger charge is 2.16. The average Bonchev–Trinajstić information content (AvgIpc) is 3.70. The number of hydrogen-bond acceptors (Lipinski definition) is 2. The summed E-state index contributed by atoms with van der Waals surface area (Å²) in [4.78, 5) is 2.39. The Morgan fingerprint density at radius 2 is 0.683 bits per heavy atom. The van der Waals surface area contributed by atoms with Gasteiger partial charge in [0, 0.05) is 37.2 Å². The Bertz CT molecular complexity index is 3310. The van der Waals surface area contributed by atoms with Crippen molar-refractivity contribution in [3.8, 4) is 55.6 Å². The number of hydrogen-bond donors (Lipinski definition) is 0. The zero-order valence-electron chi connectivity index (χ0n) is 32.9. The maximum Gasteiger partial charge on any atom is 0.0468 e. The molecule has 0 aliphatic heterocycles. The van der Waals surface area contributed by atoms with Crippen LogP contribution in [0.4, 0.5) is 17.1 Å². The highest BCUT2D eigenvalue weighted by atomic mass is 32.1. The summed E-state index contributed by atoms with van der Waals surface area (Å²) in [7, 11) is 0. The first kappa shape index (κ1) is 35.6. The predicted octanol–water partition coefficient (Wildman–Crippen LogP) is 17.0. The van der Waals surface area contributed by atoms with E-state index < -0.39 is 0 Å². The first-order chi connectivity index (χ1) is 29.7. The summed E-state index contributed by atoms with van der Waals surface area (Å²) in [6.45, 7) is 0. The van der Waals surface area contributed by atoms with Crippen LogP contribution in [-0.4, -0.2) is 0 Å². The molecular formula is C58H39NS. The maximum absolute atomic E-state index is 2.39. The van der Waals surface area contributed by atoms with Gasteiger partial charge in [-0.05, 0) is 133 Å². The van der Waals surface area contributed by atoms with Gasteiger partial charge in [-0.1, -0.05) is 170 Å². The van der Waals surface area contributed by atoms with Crippen molar-refractivity contribution in [1.82, 2.24) is 0 Å². The van der Waals surface area contributed by atoms with Gasteiger partial charge in [-0.3, -0.25) is 0 Å². The molecule has 0 radical (unpaired) electrons. The molecule has 2 heteroatoms. The molecule has 0 spiro atoms. The SMILES string of the molecule is c1ccc(-c2cccc(-c3cccc(N(c4ccc(-c5ccc(-c6cccc(-c7ccc8ccccc8c7)c6)cc5)cc4)c4ccc5sc6ccccc6c5c4)c3)c2)cc1. The normalized spacial score (nSPS) is 11.3. The van der Waals surface area contributed by atoms with E-state index in [0.717, 1.165) is 17.1 Å². The second-order valence-corrected chi connectivity index (χ2v) is 16.5. The third-order valence-corrected chi connectivity index (χ3v) is 12.8. The van der Waals surface area contributed by atoms with Crippen LogP contribution in [0.15, 0.2) is 237 Å². The number of rotatable bonds is 8. The van der Waals surface area contributed by atoms with Crippen LogP contribution in [0, 0.1) is 0 Å². The van der Waals surface area contributed by atoms with Crippen molar-refractivity contribution in [2.75, 3.05) is 4.90 Å². The fraction of sp³-hybridized carbons (Fsp3) is 0. The van der Waals surface area contributed by atoms with E-state index in [1.54, 1.807) is 0 Å². The molecule has 1 nitrogen and oxygen atoms in total. The average molecular weight is 782 g/mol. The van der Waals surface area contributed by atoms with Gasteiger partial charge < -0.3 is 4.90 Å². The van der Waals surface area contributed by atoms with E-state index >= 15 is 0 Å². The van der Waals surface area contributed by atoms with Gasteiger partial charge in [0.15, 0.2) is 0 Å². The highest BCUT2D eigenvalue weighted by molar-refractivity contribution is 7.25.